The van der Waals surface area contributed by atoms with Crippen LogP contribution in [0.5, 0.6) is 0 Å². The summed E-state index contributed by atoms with van der Waals surface area (Å²) in [5.74, 6) is -0.403. The molecule has 2 fully saturated rings. The molecule has 2 aliphatic rings. The highest BCUT2D eigenvalue weighted by Crippen LogP contribution is 2.33. The van der Waals surface area contributed by atoms with E-state index in [2.05, 4.69) is 13.8 Å². The number of epoxide rings is 2. The number of hydrogen-bond acceptors (Lipinski definition) is 4. The fraction of sp³-hybridized carbons (Fsp3) is 0.938. The highest BCUT2D eigenvalue weighted by Gasteiger charge is 2.41. The van der Waals surface area contributed by atoms with Crippen LogP contribution in [-0.2, 0) is 19.0 Å². The standard InChI is InChI=1S/C16H26Cl2O4/c1-3-5-12-14(21-12)7-10(17)9-20-16(19)11(18)8-15-13(22-15)6-4-2/h10-15H,3-9H2,1-2H3. The zero-order chi connectivity index (χ0) is 16.1. The number of rotatable bonds is 11. The van der Waals surface area contributed by atoms with E-state index in [-0.39, 0.29) is 30.3 Å². The lowest BCUT2D eigenvalue weighted by atomic mass is 10.1. The maximum atomic E-state index is 11.8. The SMILES string of the molecule is CCCC1OC1CC(Cl)COC(=O)C(Cl)CC1OC1CCC. The van der Waals surface area contributed by atoms with Gasteiger partial charge in [0.1, 0.15) is 12.0 Å². The highest BCUT2D eigenvalue weighted by molar-refractivity contribution is 6.30. The molecule has 0 aromatic rings. The van der Waals surface area contributed by atoms with Crippen LogP contribution in [0.3, 0.4) is 0 Å². The lowest BCUT2D eigenvalue weighted by Gasteiger charge is -2.11. The minimum absolute atomic E-state index is 0.108. The van der Waals surface area contributed by atoms with Gasteiger partial charge in [-0.3, -0.25) is 4.79 Å². The fourth-order valence-electron chi connectivity index (χ4n) is 2.73. The zero-order valence-electron chi connectivity index (χ0n) is 13.3. The second-order valence-corrected chi connectivity index (χ2v) is 7.31. The lowest BCUT2D eigenvalue weighted by Crippen LogP contribution is -2.24. The van der Waals surface area contributed by atoms with E-state index in [1.807, 2.05) is 0 Å². The van der Waals surface area contributed by atoms with Crippen molar-refractivity contribution in [2.45, 2.75) is 87.5 Å². The van der Waals surface area contributed by atoms with Crippen molar-refractivity contribution in [3.63, 3.8) is 0 Å². The lowest BCUT2D eigenvalue weighted by molar-refractivity contribution is -0.143. The summed E-state index contributed by atoms with van der Waals surface area (Å²) in [6.45, 7) is 4.43. The van der Waals surface area contributed by atoms with Crippen LogP contribution in [0.15, 0.2) is 0 Å². The van der Waals surface area contributed by atoms with E-state index in [9.17, 15) is 4.79 Å². The van der Waals surface area contributed by atoms with Crippen LogP contribution in [0.2, 0.25) is 0 Å². The van der Waals surface area contributed by atoms with Gasteiger partial charge in [-0.2, -0.15) is 0 Å². The van der Waals surface area contributed by atoms with Gasteiger partial charge in [0.25, 0.3) is 0 Å². The largest absolute Gasteiger partial charge is 0.463 e. The molecule has 2 aliphatic heterocycles. The first-order valence-electron chi connectivity index (χ1n) is 8.30. The van der Waals surface area contributed by atoms with Crippen LogP contribution in [0.25, 0.3) is 0 Å². The maximum Gasteiger partial charge on any atom is 0.324 e. The predicted molar refractivity (Wildman–Crippen MR) is 86.6 cm³/mol. The second kappa shape index (κ2) is 8.72. The summed E-state index contributed by atoms with van der Waals surface area (Å²) in [7, 11) is 0. The maximum absolute atomic E-state index is 11.8. The Hall–Kier alpha value is -0.0300. The van der Waals surface area contributed by atoms with E-state index in [4.69, 9.17) is 37.4 Å². The number of carbonyl (C=O) groups excluding carboxylic acids is 1. The predicted octanol–water partition coefficient (Wildman–Crippen LogP) is 3.66. The summed E-state index contributed by atoms with van der Waals surface area (Å²) in [5.41, 5.74) is 0. The molecule has 0 radical (unpaired) electrons. The first-order valence-corrected chi connectivity index (χ1v) is 9.18. The molecule has 0 aromatic heterocycles. The molecule has 0 N–H and O–H groups in total. The van der Waals surface area contributed by atoms with Gasteiger partial charge >= 0.3 is 5.97 Å². The smallest absolute Gasteiger partial charge is 0.324 e. The van der Waals surface area contributed by atoms with Gasteiger partial charge in [-0.1, -0.05) is 26.7 Å². The van der Waals surface area contributed by atoms with Crippen molar-refractivity contribution < 1.29 is 19.0 Å². The van der Waals surface area contributed by atoms with Crippen molar-refractivity contribution in [3.8, 4) is 0 Å². The molecule has 0 bridgehead atoms. The number of alkyl halides is 2. The van der Waals surface area contributed by atoms with E-state index in [0.717, 1.165) is 32.1 Å². The van der Waals surface area contributed by atoms with Gasteiger partial charge in [-0.25, -0.2) is 0 Å². The average molecular weight is 353 g/mol. The average Bonchev–Trinajstić information content (AvgIpc) is 3.37. The van der Waals surface area contributed by atoms with Gasteiger partial charge in [0.15, 0.2) is 0 Å². The van der Waals surface area contributed by atoms with E-state index >= 15 is 0 Å². The van der Waals surface area contributed by atoms with Crippen LogP contribution in [0.4, 0.5) is 0 Å². The third kappa shape index (κ3) is 5.88. The summed E-state index contributed by atoms with van der Waals surface area (Å²) in [5, 5.41) is -0.870. The first-order chi connectivity index (χ1) is 10.5. The van der Waals surface area contributed by atoms with Crippen LogP contribution in [0.1, 0.15) is 52.4 Å². The van der Waals surface area contributed by atoms with E-state index in [0.29, 0.717) is 12.5 Å². The molecule has 2 rings (SSSR count). The van der Waals surface area contributed by atoms with Gasteiger partial charge in [-0.05, 0) is 19.3 Å². The zero-order valence-corrected chi connectivity index (χ0v) is 14.8. The molecule has 6 unspecified atom stereocenters. The highest BCUT2D eigenvalue weighted by atomic mass is 35.5. The Balaban J connectivity index is 1.55. The molecule has 0 saturated carbocycles. The van der Waals surface area contributed by atoms with Crippen molar-refractivity contribution in [1.82, 2.24) is 0 Å². The number of carbonyl (C=O) groups is 1. The monoisotopic (exact) mass is 352 g/mol. The summed E-state index contributed by atoms with van der Waals surface area (Å²) in [6.07, 6.45) is 6.45. The Morgan fingerprint density at radius 2 is 1.55 bits per heavy atom. The van der Waals surface area contributed by atoms with Gasteiger partial charge in [0.2, 0.25) is 0 Å². The summed E-state index contributed by atoms with van der Waals surface area (Å²) >= 11 is 12.3. The fourth-order valence-corrected chi connectivity index (χ4v) is 3.21. The number of halogens is 2. The quantitative estimate of drug-likeness (QED) is 0.323. The number of ether oxygens (including phenoxy) is 3. The normalized spacial score (nSPS) is 32.4. The van der Waals surface area contributed by atoms with Crippen LogP contribution in [0, 0.1) is 0 Å². The molecule has 22 heavy (non-hydrogen) atoms. The summed E-state index contributed by atoms with van der Waals surface area (Å²) in [6, 6.07) is 0. The third-order valence-electron chi connectivity index (χ3n) is 4.11. The molecular formula is C16H26Cl2O4. The van der Waals surface area contributed by atoms with Crippen molar-refractivity contribution in [1.29, 1.82) is 0 Å². The molecule has 6 heteroatoms. The third-order valence-corrected chi connectivity index (χ3v) is 4.77. The van der Waals surface area contributed by atoms with Crippen LogP contribution >= 0.6 is 23.2 Å². The minimum Gasteiger partial charge on any atom is -0.463 e. The molecule has 2 saturated heterocycles. The Labute approximate surface area is 142 Å². The molecular weight excluding hydrogens is 327 g/mol. The Kier molecular flexibility index (Phi) is 7.26. The second-order valence-electron chi connectivity index (χ2n) is 6.17. The summed E-state index contributed by atoms with van der Waals surface area (Å²) in [4.78, 5) is 11.8. The Bertz CT molecular complexity index is 366. The van der Waals surface area contributed by atoms with E-state index < -0.39 is 11.3 Å². The topological polar surface area (TPSA) is 51.4 Å². The van der Waals surface area contributed by atoms with Gasteiger partial charge < -0.3 is 14.2 Å². The Morgan fingerprint density at radius 1 is 1.00 bits per heavy atom. The van der Waals surface area contributed by atoms with E-state index in [1.165, 1.54) is 0 Å². The molecule has 0 spiro atoms. The van der Waals surface area contributed by atoms with Crippen molar-refractivity contribution in [2.75, 3.05) is 6.61 Å². The number of hydrogen-bond donors (Lipinski definition) is 0. The van der Waals surface area contributed by atoms with Crippen LogP contribution < -0.4 is 0 Å². The van der Waals surface area contributed by atoms with Gasteiger partial charge in [-0.15, -0.1) is 23.2 Å². The van der Waals surface area contributed by atoms with Crippen molar-refractivity contribution in [2.24, 2.45) is 0 Å². The van der Waals surface area contributed by atoms with Crippen LogP contribution in [-0.4, -0.2) is 47.7 Å². The van der Waals surface area contributed by atoms with Gasteiger partial charge in [0.05, 0.1) is 29.8 Å². The molecule has 0 amide bonds. The van der Waals surface area contributed by atoms with Crippen molar-refractivity contribution in [3.05, 3.63) is 0 Å². The number of esters is 1. The molecule has 0 aliphatic carbocycles. The minimum atomic E-state index is -0.652. The molecule has 128 valence electrons. The molecule has 4 nitrogen and oxygen atoms in total. The summed E-state index contributed by atoms with van der Waals surface area (Å²) < 4.78 is 16.2. The first kappa shape index (κ1) is 18.3. The van der Waals surface area contributed by atoms with E-state index in [1.54, 1.807) is 0 Å². The molecule has 2 heterocycles. The van der Waals surface area contributed by atoms with Crippen molar-refractivity contribution >= 4 is 29.2 Å². The van der Waals surface area contributed by atoms with Gasteiger partial charge in [0, 0.05) is 6.42 Å². The molecule has 0 aromatic carbocycles. The Morgan fingerprint density at radius 3 is 2.09 bits per heavy atom. The molecule has 6 atom stereocenters.